The Morgan fingerprint density at radius 1 is 1.32 bits per heavy atom. The normalized spacial score (nSPS) is 11.5. The second-order valence-corrected chi connectivity index (χ2v) is 5.97. The van der Waals surface area contributed by atoms with Gasteiger partial charge in [0.2, 0.25) is 0 Å². The van der Waals surface area contributed by atoms with Gasteiger partial charge in [-0.05, 0) is 32.0 Å². The Hall–Kier alpha value is -2.02. The van der Waals surface area contributed by atoms with Crippen LogP contribution in [0.5, 0.6) is 0 Å². The van der Waals surface area contributed by atoms with Crippen LogP contribution in [0.15, 0.2) is 29.4 Å². The average molecular weight is 324 g/mol. The summed E-state index contributed by atoms with van der Waals surface area (Å²) in [6, 6.07) is 3.36. The molecular weight excluding hydrogens is 306 g/mol. The first-order valence-electron chi connectivity index (χ1n) is 6.96. The highest BCUT2D eigenvalue weighted by molar-refractivity contribution is 7.11. The number of aromatic nitrogens is 1. The van der Waals surface area contributed by atoms with Crippen molar-refractivity contribution in [1.82, 2.24) is 15.6 Å². The lowest BCUT2D eigenvalue weighted by atomic mass is 10.2. The fourth-order valence-electron chi connectivity index (χ4n) is 1.81. The quantitative estimate of drug-likeness (QED) is 0.657. The van der Waals surface area contributed by atoms with E-state index in [9.17, 15) is 8.78 Å². The van der Waals surface area contributed by atoms with Crippen molar-refractivity contribution in [3.05, 3.63) is 51.5 Å². The molecule has 4 nitrogen and oxygen atoms in total. The van der Waals surface area contributed by atoms with Crippen LogP contribution in [-0.4, -0.2) is 17.5 Å². The molecule has 0 fully saturated rings. The summed E-state index contributed by atoms with van der Waals surface area (Å²) in [5.74, 6) is -0.390. The van der Waals surface area contributed by atoms with Gasteiger partial charge in [-0.1, -0.05) is 0 Å². The molecule has 0 bridgehead atoms. The summed E-state index contributed by atoms with van der Waals surface area (Å²) in [6.07, 6.45) is 1.81. The highest BCUT2D eigenvalue weighted by atomic mass is 32.1. The molecule has 0 saturated heterocycles. The third kappa shape index (κ3) is 4.77. The van der Waals surface area contributed by atoms with Gasteiger partial charge in [0.25, 0.3) is 0 Å². The van der Waals surface area contributed by atoms with E-state index in [0.29, 0.717) is 19.0 Å². The molecular formula is C15H18F2N4S. The van der Waals surface area contributed by atoms with Crippen molar-refractivity contribution in [2.75, 3.05) is 6.54 Å². The molecule has 0 aliphatic rings. The van der Waals surface area contributed by atoms with E-state index in [-0.39, 0.29) is 12.1 Å². The van der Waals surface area contributed by atoms with Gasteiger partial charge < -0.3 is 10.6 Å². The highest BCUT2D eigenvalue weighted by Gasteiger charge is 2.05. The van der Waals surface area contributed by atoms with Gasteiger partial charge in [-0.3, -0.25) is 0 Å². The summed E-state index contributed by atoms with van der Waals surface area (Å²) in [7, 11) is 0. The first kappa shape index (κ1) is 16.4. The van der Waals surface area contributed by atoms with E-state index < -0.39 is 11.6 Å². The number of thiazole rings is 1. The van der Waals surface area contributed by atoms with E-state index in [0.717, 1.165) is 28.1 Å². The zero-order valence-electron chi connectivity index (χ0n) is 12.5. The molecule has 1 heterocycles. The molecule has 0 unspecified atom stereocenters. The van der Waals surface area contributed by atoms with Crippen molar-refractivity contribution in [2.24, 2.45) is 4.99 Å². The lowest BCUT2D eigenvalue weighted by molar-refractivity contribution is 0.585. The van der Waals surface area contributed by atoms with Gasteiger partial charge in [0, 0.05) is 23.2 Å². The smallest absolute Gasteiger partial charge is 0.191 e. The average Bonchev–Trinajstić information content (AvgIpc) is 2.91. The summed E-state index contributed by atoms with van der Waals surface area (Å²) in [5.41, 5.74) is 0.224. The number of guanidine groups is 1. The van der Waals surface area contributed by atoms with Gasteiger partial charge in [0.15, 0.2) is 5.96 Å². The Kier molecular flexibility index (Phi) is 5.83. The second-order valence-electron chi connectivity index (χ2n) is 4.65. The zero-order valence-corrected chi connectivity index (χ0v) is 13.3. The predicted octanol–water partition coefficient (Wildman–Crippen LogP) is 2.99. The number of aryl methyl sites for hydroxylation is 1. The largest absolute Gasteiger partial charge is 0.357 e. The van der Waals surface area contributed by atoms with Crippen molar-refractivity contribution in [3.8, 4) is 0 Å². The van der Waals surface area contributed by atoms with Gasteiger partial charge in [0.1, 0.15) is 16.6 Å². The van der Waals surface area contributed by atoms with Crippen LogP contribution in [-0.2, 0) is 13.1 Å². The lowest BCUT2D eigenvalue weighted by Crippen LogP contribution is -2.36. The Morgan fingerprint density at radius 2 is 2.14 bits per heavy atom. The van der Waals surface area contributed by atoms with Gasteiger partial charge in [-0.15, -0.1) is 11.3 Å². The maximum atomic E-state index is 13.6. The molecule has 1 aromatic carbocycles. The van der Waals surface area contributed by atoms with E-state index in [4.69, 9.17) is 0 Å². The van der Waals surface area contributed by atoms with Crippen LogP contribution < -0.4 is 10.6 Å². The van der Waals surface area contributed by atoms with Crippen LogP contribution in [0, 0.1) is 18.6 Å². The third-order valence-corrected chi connectivity index (χ3v) is 3.75. The number of benzene rings is 1. The molecule has 2 rings (SSSR count). The maximum absolute atomic E-state index is 13.6. The summed E-state index contributed by atoms with van der Waals surface area (Å²) >= 11 is 1.60. The van der Waals surface area contributed by atoms with E-state index in [1.807, 2.05) is 20.0 Å². The number of nitrogens with zero attached hydrogens (tertiary/aromatic N) is 2. The first-order valence-corrected chi connectivity index (χ1v) is 7.77. The number of hydrogen-bond donors (Lipinski definition) is 2. The number of hydrogen-bond acceptors (Lipinski definition) is 3. The van der Waals surface area contributed by atoms with Crippen molar-refractivity contribution in [2.45, 2.75) is 26.9 Å². The monoisotopic (exact) mass is 324 g/mol. The Morgan fingerprint density at radius 3 is 2.82 bits per heavy atom. The topological polar surface area (TPSA) is 49.3 Å². The molecule has 22 heavy (non-hydrogen) atoms. The van der Waals surface area contributed by atoms with Gasteiger partial charge >= 0.3 is 0 Å². The molecule has 0 saturated carbocycles. The van der Waals surface area contributed by atoms with Crippen molar-refractivity contribution >= 4 is 17.3 Å². The van der Waals surface area contributed by atoms with Crippen LogP contribution >= 0.6 is 11.3 Å². The minimum atomic E-state index is -0.470. The van der Waals surface area contributed by atoms with Crippen LogP contribution in [0.4, 0.5) is 8.78 Å². The predicted molar refractivity (Wildman–Crippen MR) is 84.9 cm³/mol. The molecule has 0 aliphatic heterocycles. The molecule has 2 N–H and O–H groups in total. The molecule has 0 amide bonds. The Balaban J connectivity index is 2.01. The molecule has 0 radical (unpaired) electrons. The molecule has 0 aliphatic carbocycles. The summed E-state index contributed by atoms with van der Waals surface area (Å²) in [4.78, 5) is 9.67. The van der Waals surface area contributed by atoms with Gasteiger partial charge in [-0.2, -0.15) is 0 Å². The summed E-state index contributed by atoms with van der Waals surface area (Å²) < 4.78 is 26.7. The van der Waals surface area contributed by atoms with E-state index in [1.54, 1.807) is 11.3 Å². The number of halogens is 2. The number of rotatable bonds is 5. The minimum Gasteiger partial charge on any atom is -0.357 e. The fourth-order valence-corrected chi connectivity index (χ4v) is 2.54. The molecule has 2 aromatic rings. The van der Waals surface area contributed by atoms with E-state index in [1.165, 1.54) is 0 Å². The van der Waals surface area contributed by atoms with E-state index >= 15 is 0 Å². The van der Waals surface area contributed by atoms with Crippen molar-refractivity contribution in [1.29, 1.82) is 0 Å². The molecule has 1 aromatic heterocycles. The summed E-state index contributed by atoms with van der Waals surface area (Å²) in [6.45, 7) is 5.21. The SMILES string of the molecule is CCNC(=NCc1cc(F)ccc1F)NCc1ncc(C)s1. The fraction of sp³-hybridized carbons (Fsp3) is 0.333. The number of nitrogens with one attached hydrogen (secondary N) is 2. The maximum Gasteiger partial charge on any atom is 0.191 e. The minimum absolute atomic E-state index is 0.0653. The molecule has 0 spiro atoms. The Labute approximate surface area is 132 Å². The van der Waals surface area contributed by atoms with Gasteiger partial charge in [0.05, 0.1) is 13.1 Å². The van der Waals surface area contributed by atoms with Crippen LogP contribution in [0.2, 0.25) is 0 Å². The van der Waals surface area contributed by atoms with Crippen molar-refractivity contribution < 1.29 is 8.78 Å². The molecule has 7 heteroatoms. The van der Waals surface area contributed by atoms with E-state index in [2.05, 4.69) is 20.6 Å². The second kappa shape index (κ2) is 7.84. The molecule has 118 valence electrons. The third-order valence-electron chi connectivity index (χ3n) is 2.84. The summed E-state index contributed by atoms with van der Waals surface area (Å²) in [5, 5.41) is 7.13. The van der Waals surface area contributed by atoms with Crippen LogP contribution in [0.1, 0.15) is 22.4 Å². The van der Waals surface area contributed by atoms with Crippen LogP contribution in [0.3, 0.4) is 0 Å². The standard InChI is InChI=1S/C15H18F2N4S/c1-3-18-15(21-9-14-19-7-10(2)22-14)20-8-11-6-12(16)4-5-13(11)17/h4-7H,3,8-9H2,1-2H3,(H2,18,20,21). The molecule has 0 atom stereocenters. The van der Waals surface area contributed by atoms with Crippen molar-refractivity contribution in [3.63, 3.8) is 0 Å². The van der Waals surface area contributed by atoms with Gasteiger partial charge in [-0.25, -0.2) is 18.8 Å². The zero-order chi connectivity index (χ0) is 15.9. The lowest BCUT2D eigenvalue weighted by Gasteiger charge is -2.10. The number of aliphatic imine (C=N–C) groups is 1. The van der Waals surface area contributed by atoms with Crippen LogP contribution in [0.25, 0.3) is 0 Å². The first-order chi connectivity index (χ1) is 10.6. The Bertz CT molecular complexity index is 655. The highest BCUT2D eigenvalue weighted by Crippen LogP contribution is 2.11.